The number of para-hydroxylation sites is 1. The van der Waals surface area contributed by atoms with Crippen molar-refractivity contribution in [2.45, 2.75) is 26.8 Å². The predicted octanol–water partition coefficient (Wildman–Crippen LogP) is 4.20. The first-order valence-electron chi connectivity index (χ1n) is 12.7. The van der Waals surface area contributed by atoms with Crippen LogP contribution in [0.5, 0.6) is 11.5 Å². The second-order valence-electron chi connectivity index (χ2n) is 9.07. The number of thiazole rings is 1. The van der Waals surface area contributed by atoms with Gasteiger partial charge in [-0.2, -0.15) is 0 Å². The van der Waals surface area contributed by atoms with Crippen molar-refractivity contribution < 1.29 is 19.1 Å². The number of aromatic nitrogens is 1. The molecule has 1 N–H and O–H groups in total. The fourth-order valence-electron chi connectivity index (χ4n) is 4.51. The molecule has 40 heavy (non-hydrogen) atoms. The van der Waals surface area contributed by atoms with Crippen molar-refractivity contribution >= 4 is 35.0 Å². The average molecular weight is 554 g/mol. The number of hydrogen-bond donors (Lipinski definition) is 1. The lowest BCUT2D eigenvalue weighted by molar-refractivity contribution is -0.131. The number of nitrogens with zero attached hydrogens (tertiary/aromatic N) is 2. The average Bonchev–Trinajstić information content (AvgIpc) is 3.24. The second-order valence-corrected chi connectivity index (χ2v) is 10.1. The first kappa shape index (κ1) is 26.8. The fraction of sp³-hybridized carbons (Fsp3) is 0.161. The van der Waals surface area contributed by atoms with Gasteiger partial charge in [0.05, 0.1) is 28.5 Å². The summed E-state index contributed by atoms with van der Waals surface area (Å²) in [5.74, 6) is 0.387. The molecule has 4 aromatic rings. The Hall–Kier alpha value is -4.76. The Morgan fingerprint density at radius 2 is 1.68 bits per heavy atom. The monoisotopic (exact) mass is 553 g/mol. The van der Waals surface area contributed by atoms with Crippen LogP contribution in [-0.2, 0) is 9.59 Å². The molecule has 1 aromatic heterocycles. The molecule has 8 nitrogen and oxygen atoms in total. The van der Waals surface area contributed by atoms with Crippen molar-refractivity contribution in [3.05, 3.63) is 121 Å². The number of amides is 1. The fourth-order valence-corrected chi connectivity index (χ4v) is 5.56. The molecule has 3 aromatic carbocycles. The van der Waals surface area contributed by atoms with Gasteiger partial charge >= 0.3 is 5.97 Å². The maximum Gasteiger partial charge on any atom is 0.308 e. The zero-order chi connectivity index (χ0) is 28.2. The maximum absolute atomic E-state index is 13.9. The summed E-state index contributed by atoms with van der Waals surface area (Å²) in [7, 11) is 0. The molecule has 0 aliphatic carbocycles. The molecule has 0 radical (unpaired) electrons. The van der Waals surface area contributed by atoms with Crippen LogP contribution < -0.4 is 29.7 Å². The van der Waals surface area contributed by atoms with E-state index in [4.69, 9.17) is 9.47 Å². The summed E-state index contributed by atoms with van der Waals surface area (Å²) < 4.78 is 12.7. The van der Waals surface area contributed by atoms with Crippen LogP contribution in [-0.4, -0.2) is 23.1 Å². The number of carbonyl (C=O) groups excluding carboxylic acids is 2. The third-order valence-electron chi connectivity index (χ3n) is 6.24. The van der Waals surface area contributed by atoms with Crippen LogP contribution in [0.25, 0.3) is 6.08 Å². The first-order chi connectivity index (χ1) is 19.3. The van der Waals surface area contributed by atoms with E-state index >= 15 is 0 Å². The lowest BCUT2D eigenvalue weighted by Gasteiger charge is -2.25. The minimum absolute atomic E-state index is 0.260. The number of benzene rings is 3. The molecule has 1 aliphatic heterocycles. The van der Waals surface area contributed by atoms with Crippen LogP contribution in [0.3, 0.4) is 0 Å². The summed E-state index contributed by atoms with van der Waals surface area (Å²) in [4.78, 5) is 43.9. The lowest BCUT2D eigenvalue weighted by atomic mass is 9.95. The van der Waals surface area contributed by atoms with E-state index < -0.39 is 12.0 Å². The van der Waals surface area contributed by atoms with Gasteiger partial charge in [0.2, 0.25) is 0 Å². The van der Waals surface area contributed by atoms with Gasteiger partial charge in [0.25, 0.3) is 11.5 Å². The highest BCUT2D eigenvalue weighted by molar-refractivity contribution is 7.07. The largest absolute Gasteiger partial charge is 0.494 e. The van der Waals surface area contributed by atoms with Crippen molar-refractivity contribution in [1.82, 2.24) is 4.57 Å². The lowest BCUT2D eigenvalue weighted by Crippen LogP contribution is -2.40. The number of allylic oxidation sites excluding steroid dienone is 1. The zero-order valence-corrected chi connectivity index (χ0v) is 23.0. The van der Waals surface area contributed by atoms with Gasteiger partial charge in [0, 0.05) is 12.6 Å². The highest BCUT2D eigenvalue weighted by atomic mass is 32.1. The Kier molecular flexibility index (Phi) is 7.75. The van der Waals surface area contributed by atoms with Gasteiger partial charge in [-0.25, -0.2) is 4.99 Å². The van der Waals surface area contributed by atoms with Crippen LogP contribution in [0.4, 0.5) is 5.69 Å². The molecule has 0 saturated carbocycles. The van der Waals surface area contributed by atoms with Gasteiger partial charge in [0.1, 0.15) is 11.5 Å². The van der Waals surface area contributed by atoms with Crippen molar-refractivity contribution in [2.75, 3.05) is 11.9 Å². The Balaban J connectivity index is 1.61. The molecule has 0 fully saturated rings. The van der Waals surface area contributed by atoms with Crippen LogP contribution in [0.15, 0.2) is 99.9 Å². The van der Waals surface area contributed by atoms with Crippen LogP contribution >= 0.6 is 11.3 Å². The third-order valence-corrected chi connectivity index (χ3v) is 7.23. The minimum Gasteiger partial charge on any atom is -0.494 e. The van der Waals surface area contributed by atoms with Gasteiger partial charge in [-0.3, -0.25) is 19.0 Å². The van der Waals surface area contributed by atoms with E-state index in [1.807, 2.05) is 61.5 Å². The number of hydrogen-bond acceptors (Lipinski definition) is 7. The van der Waals surface area contributed by atoms with Gasteiger partial charge in [-0.05, 0) is 67.4 Å². The summed E-state index contributed by atoms with van der Waals surface area (Å²) in [6.45, 7) is 5.56. The molecule has 0 bridgehead atoms. The number of carbonyl (C=O) groups is 2. The summed E-state index contributed by atoms with van der Waals surface area (Å²) in [6.07, 6.45) is 1.76. The molecule has 0 spiro atoms. The molecule has 1 amide bonds. The highest BCUT2D eigenvalue weighted by Crippen LogP contribution is 2.31. The van der Waals surface area contributed by atoms with Crippen LogP contribution in [0, 0.1) is 0 Å². The topological polar surface area (TPSA) is 99.0 Å². The highest BCUT2D eigenvalue weighted by Gasteiger charge is 2.32. The van der Waals surface area contributed by atoms with E-state index in [0.717, 1.165) is 11.1 Å². The SMILES string of the molecule is CCOc1ccc([C@@H]2C(C(=O)Nc3ccccc3)=C(C)N=c3s/c(=C\c4ccc(OC(C)=O)cc4)c(=O)n32)cc1. The zero-order valence-electron chi connectivity index (χ0n) is 22.2. The van der Waals surface area contributed by atoms with Gasteiger partial charge in [-0.1, -0.05) is 53.8 Å². The predicted molar refractivity (Wildman–Crippen MR) is 154 cm³/mol. The molecule has 1 aliphatic rings. The van der Waals surface area contributed by atoms with E-state index in [1.165, 1.54) is 18.3 Å². The molecule has 0 unspecified atom stereocenters. The van der Waals surface area contributed by atoms with E-state index in [9.17, 15) is 14.4 Å². The van der Waals surface area contributed by atoms with Gasteiger partial charge < -0.3 is 14.8 Å². The van der Waals surface area contributed by atoms with Crippen molar-refractivity contribution in [1.29, 1.82) is 0 Å². The molecule has 0 saturated heterocycles. The number of fused-ring (bicyclic) bond motifs is 1. The van der Waals surface area contributed by atoms with E-state index in [2.05, 4.69) is 10.3 Å². The molecule has 1 atom stereocenters. The Morgan fingerprint density at radius 3 is 2.33 bits per heavy atom. The van der Waals surface area contributed by atoms with Crippen LogP contribution in [0.1, 0.15) is 37.9 Å². The molecular weight excluding hydrogens is 526 g/mol. The first-order valence-corrected chi connectivity index (χ1v) is 13.6. The Bertz CT molecular complexity index is 1770. The minimum atomic E-state index is -0.691. The summed E-state index contributed by atoms with van der Waals surface area (Å²) in [5, 5.41) is 2.95. The van der Waals surface area contributed by atoms with Crippen molar-refractivity contribution in [3.8, 4) is 11.5 Å². The molecule has 2 heterocycles. The second kappa shape index (κ2) is 11.5. The van der Waals surface area contributed by atoms with E-state index in [-0.39, 0.29) is 11.5 Å². The number of rotatable bonds is 7. The quantitative estimate of drug-likeness (QED) is 0.273. The van der Waals surface area contributed by atoms with Gasteiger partial charge in [0.15, 0.2) is 4.80 Å². The third kappa shape index (κ3) is 5.64. The number of nitrogens with one attached hydrogen (secondary N) is 1. The Morgan fingerprint density at radius 1 is 1.00 bits per heavy atom. The van der Waals surface area contributed by atoms with E-state index in [0.29, 0.717) is 44.4 Å². The molecule has 9 heteroatoms. The summed E-state index contributed by atoms with van der Waals surface area (Å²) >= 11 is 1.26. The smallest absolute Gasteiger partial charge is 0.308 e. The standard InChI is InChI=1S/C31H27N3O5S/c1-4-38-24-16-12-22(13-17-24)28-27(29(36)33-23-8-6-5-7-9-23)19(2)32-31-34(28)30(37)26(40-31)18-21-10-14-25(15-11-21)39-20(3)35/h5-18,28H,4H2,1-3H3,(H,33,36)/b26-18-/t28-/m1/s1. The molecule has 202 valence electrons. The molecular formula is C31H27N3O5S. The maximum atomic E-state index is 13.9. The van der Waals surface area contributed by atoms with Crippen molar-refractivity contribution in [2.24, 2.45) is 4.99 Å². The number of esters is 1. The number of ether oxygens (including phenoxy) is 2. The van der Waals surface area contributed by atoms with E-state index in [1.54, 1.807) is 41.8 Å². The molecule has 5 rings (SSSR count). The Labute approximate surface area is 234 Å². The summed E-state index contributed by atoms with van der Waals surface area (Å²) in [6, 6.07) is 22.8. The normalized spacial score (nSPS) is 14.8. The summed E-state index contributed by atoms with van der Waals surface area (Å²) in [5.41, 5.74) is 2.83. The van der Waals surface area contributed by atoms with Gasteiger partial charge in [-0.15, -0.1) is 0 Å². The van der Waals surface area contributed by atoms with Crippen molar-refractivity contribution in [3.63, 3.8) is 0 Å². The number of anilines is 1. The van der Waals surface area contributed by atoms with Crippen LogP contribution in [0.2, 0.25) is 0 Å².